The number of hydrogen-bond donors (Lipinski definition) is 4. The van der Waals surface area contributed by atoms with E-state index in [1.54, 1.807) is 0 Å². The first-order valence-corrected chi connectivity index (χ1v) is 5.55. The molecule has 2 rings (SSSR count). The van der Waals surface area contributed by atoms with Crippen molar-refractivity contribution in [3.05, 3.63) is 23.8 Å². The van der Waals surface area contributed by atoms with Gasteiger partial charge in [-0.2, -0.15) is 0 Å². The third-order valence-corrected chi connectivity index (χ3v) is 3.37. The number of nitrogens with two attached hydrogens (primary N) is 1. The summed E-state index contributed by atoms with van der Waals surface area (Å²) in [5.41, 5.74) is 6.30. The predicted molar refractivity (Wildman–Crippen MR) is 67.3 cm³/mol. The number of rotatable bonds is 3. The molecule has 0 saturated heterocycles. The van der Waals surface area contributed by atoms with Crippen molar-refractivity contribution in [1.29, 1.82) is 0 Å². The summed E-state index contributed by atoms with van der Waals surface area (Å²) >= 11 is 0. The molecule has 0 amide bonds. The Morgan fingerprint density at radius 1 is 1.24 bits per heavy atom. The van der Waals surface area contributed by atoms with Gasteiger partial charge in [0.2, 0.25) is 0 Å². The number of aromatic hydroxyl groups is 2. The van der Waals surface area contributed by atoms with Crippen LogP contribution in [0.2, 0.25) is 0 Å². The molecule has 1 aliphatic rings. The highest BCUT2D eigenvalue weighted by Gasteiger charge is 2.31. The highest BCUT2D eigenvalue weighted by molar-refractivity contribution is 5.85. The van der Waals surface area contributed by atoms with E-state index in [0.717, 1.165) is 19.3 Å². The maximum absolute atomic E-state index is 9.99. The van der Waals surface area contributed by atoms with Crippen LogP contribution in [-0.4, -0.2) is 21.4 Å². The second kappa shape index (κ2) is 5.58. The molecule has 1 aliphatic carbocycles. The first kappa shape index (κ1) is 14.1. The van der Waals surface area contributed by atoms with Crippen molar-refractivity contribution in [2.45, 2.75) is 31.4 Å². The molecule has 2 atom stereocenters. The molecular weight excluding hydrogens is 242 g/mol. The van der Waals surface area contributed by atoms with Crippen LogP contribution in [0.4, 0.5) is 0 Å². The number of hydrogen-bond acceptors (Lipinski definition) is 4. The van der Waals surface area contributed by atoms with Crippen LogP contribution < -0.4 is 5.73 Å². The summed E-state index contributed by atoms with van der Waals surface area (Å²) in [4.78, 5) is 0. The number of aliphatic hydroxyl groups is 1. The average Bonchev–Trinajstić information content (AvgIpc) is 2.18. The van der Waals surface area contributed by atoms with Crippen LogP contribution in [0.15, 0.2) is 18.2 Å². The van der Waals surface area contributed by atoms with Gasteiger partial charge in [0.1, 0.15) is 11.5 Å². The van der Waals surface area contributed by atoms with Crippen molar-refractivity contribution in [3.8, 4) is 11.5 Å². The molecule has 0 radical (unpaired) electrons. The second-order valence-electron chi connectivity index (χ2n) is 4.45. The second-order valence-corrected chi connectivity index (χ2v) is 4.45. The summed E-state index contributed by atoms with van der Waals surface area (Å²) in [5.74, 6) is 0.282. The minimum Gasteiger partial charge on any atom is -0.508 e. The average molecular weight is 260 g/mol. The summed E-state index contributed by atoms with van der Waals surface area (Å²) in [6.45, 7) is 0. The van der Waals surface area contributed by atoms with Gasteiger partial charge in [-0.15, -0.1) is 12.4 Å². The van der Waals surface area contributed by atoms with Gasteiger partial charge in [-0.25, -0.2) is 0 Å². The van der Waals surface area contributed by atoms with Crippen LogP contribution in [0.25, 0.3) is 0 Å². The minimum absolute atomic E-state index is 0. The molecule has 0 bridgehead atoms. The summed E-state index contributed by atoms with van der Waals surface area (Å²) < 4.78 is 0. The Hall–Kier alpha value is -0.970. The zero-order valence-corrected chi connectivity index (χ0v) is 10.2. The Balaban J connectivity index is 0.00000144. The summed E-state index contributed by atoms with van der Waals surface area (Å²) in [6.07, 6.45) is 2.44. The zero-order valence-electron chi connectivity index (χ0n) is 9.41. The summed E-state index contributed by atoms with van der Waals surface area (Å²) in [7, 11) is 0. The fourth-order valence-electron chi connectivity index (χ4n) is 2.07. The molecule has 0 heterocycles. The Morgan fingerprint density at radius 3 is 2.41 bits per heavy atom. The molecule has 5 N–H and O–H groups in total. The first-order chi connectivity index (χ1) is 7.59. The molecule has 1 fully saturated rings. The van der Waals surface area contributed by atoms with E-state index in [-0.39, 0.29) is 29.8 Å². The van der Waals surface area contributed by atoms with E-state index in [2.05, 4.69) is 0 Å². The topological polar surface area (TPSA) is 86.7 Å². The van der Waals surface area contributed by atoms with E-state index < -0.39 is 12.1 Å². The van der Waals surface area contributed by atoms with Crippen molar-refractivity contribution < 1.29 is 15.3 Å². The lowest BCUT2D eigenvalue weighted by molar-refractivity contribution is 0.0407. The Bertz CT molecular complexity index is 382. The van der Waals surface area contributed by atoms with Crippen molar-refractivity contribution in [1.82, 2.24) is 0 Å². The van der Waals surface area contributed by atoms with Gasteiger partial charge >= 0.3 is 0 Å². The maximum Gasteiger partial charge on any atom is 0.120 e. The van der Waals surface area contributed by atoms with Crippen LogP contribution in [0.5, 0.6) is 11.5 Å². The predicted octanol–water partition coefficient (Wildman–Crippen LogP) is 1.68. The molecule has 1 saturated carbocycles. The summed E-state index contributed by atoms with van der Waals surface area (Å²) in [5, 5.41) is 28.9. The Morgan fingerprint density at radius 2 is 1.88 bits per heavy atom. The smallest absolute Gasteiger partial charge is 0.120 e. The van der Waals surface area contributed by atoms with E-state index in [0.29, 0.717) is 5.56 Å². The van der Waals surface area contributed by atoms with Crippen LogP contribution in [-0.2, 0) is 0 Å². The standard InChI is InChI=1S/C12H17NO3.ClH/c13-11(12(16)7-2-1-3-7)9-6-8(14)4-5-10(9)15;/h4-7,11-12,14-16H,1-3,13H2;1H/t11-,12+;/m1./s1. The lowest BCUT2D eigenvalue weighted by Gasteiger charge is -2.34. The minimum atomic E-state index is -0.651. The SMILES string of the molecule is Cl.N[C@H](c1cc(O)ccc1O)[C@@H](O)C1CCC1. The van der Waals surface area contributed by atoms with Gasteiger partial charge in [0.25, 0.3) is 0 Å². The van der Waals surface area contributed by atoms with Gasteiger partial charge in [-0.3, -0.25) is 0 Å². The van der Waals surface area contributed by atoms with Gasteiger partial charge in [-0.1, -0.05) is 6.42 Å². The molecule has 1 aromatic carbocycles. The zero-order chi connectivity index (χ0) is 11.7. The molecule has 0 unspecified atom stereocenters. The lowest BCUT2D eigenvalue weighted by Crippen LogP contribution is -2.36. The number of halogens is 1. The van der Waals surface area contributed by atoms with Gasteiger partial charge < -0.3 is 21.1 Å². The fourth-order valence-corrected chi connectivity index (χ4v) is 2.07. The van der Waals surface area contributed by atoms with Gasteiger partial charge in [0, 0.05) is 5.56 Å². The number of phenols is 2. The van der Waals surface area contributed by atoms with Crippen LogP contribution in [0.1, 0.15) is 30.9 Å². The molecule has 5 heteroatoms. The van der Waals surface area contributed by atoms with E-state index in [9.17, 15) is 15.3 Å². The van der Waals surface area contributed by atoms with E-state index in [4.69, 9.17) is 5.73 Å². The highest BCUT2D eigenvalue weighted by atomic mass is 35.5. The molecule has 1 aromatic rings. The fraction of sp³-hybridized carbons (Fsp3) is 0.500. The molecule has 17 heavy (non-hydrogen) atoms. The van der Waals surface area contributed by atoms with Gasteiger partial charge in [0.15, 0.2) is 0 Å². The quantitative estimate of drug-likeness (QED) is 0.622. The van der Waals surface area contributed by atoms with Crippen molar-refractivity contribution in [2.24, 2.45) is 11.7 Å². The monoisotopic (exact) mass is 259 g/mol. The molecule has 0 aliphatic heterocycles. The van der Waals surface area contributed by atoms with E-state index in [1.807, 2.05) is 0 Å². The normalized spacial score (nSPS) is 18.9. The number of aliphatic hydroxyl groups excluding tert-OH is 1. The molecule has 0 spiro atoms. The molecular formula is C12H18ClNO3. The molecule has 96 valence electrons. The van der Waals surface area contributed by atoms with Crippen LogP contribution >= 0.6 is 12.4 Å². The Kier molecular flexibility index (Phi) is 4.62. The maximum atomic E-state index is 9.99. The van der Waals surface area contributed by atoms with Crippen LogP contribution in [0, 0.1) is 5.92 Å². The molecule has 4 nitrogen and oxygen atoms in total. The number of phenolic OH excluding ortho intramolecular Hbond substituents is 2. The lowest BCUT2D eigenvalue weighted by atomic mass is 9.77. The van der Waals surface area contributed by atoms with E-state index >= 15 is 0 Å². The largest absolute Gasteiger partial charge is 0.508 e. The van der Waals surface area contributed by atoms with Crippen molar-refractivity contribution >= 4 is 12.4 Å². The van der Waals surface area contributed by atoms with Gasteiger partial charge in [-0.05, 0) is 37.0 Å². The van der Waals surface area contributed by atoms with E-state index in [1.165, 1.54) is 18.2 Å². The van der Waals surface area contributed by atoms with Crippen LogP contribution in [0.3, 0.4) is 0 Å². The third-order valence-electron chi connectivity index (χ3n) is 3.37. The first-order valence-electron chi connectivity index (χ1n) is 5.55. The Labute approximate surface area is 106 Å². The third kappa shape index (κ3) is 2.83. The molecule has 0 aromatic heterocycles. The van der Waals surface area contributed by atoms with Crippen molar-refractivity contribution in [2.75, 3.05) is 0 Å². The van der Waals surface area contributed by atoms with Crippen molar-refractivity contribution in [3.63, 3.8) is 0 Å². The summed E-state index contributed by atoms with van der Waals surface area (Å²) in [6, 6.07) is 3.54. The highest BCUT2D eigenvalue weighted by Crippen LogP contribution is 2.37. The number of benzene rings is 1. The van der Waals surface area contributed by atoms with Gasteiger partial charge in [0.05, 0.1) is 12.1 Å².